The number of anilines is 1. The third kappa shape index (κ3) is 5.20. The Bertz CT molecular complexity index is 653. The fraction of sp³-hybridized carbons (Fsp3) is 0.176. The van der Waals surface area contributed by atoms with Gasteiger partial charge in [0.15, 0.2) is 5.78 Å². The standard InChI is InChI=1S/C17H16ClNO2S/c1-12(20)19-16-8-4-14(5-9-16)17(21)11-22-10-13-2-6-15(18)7-3-13/h2-9H,10-11H2,1H3,(H,19,20). The molecule has 0 atom stereocenters. The van der Waals surface area contributed by atoms with Crippen LogP contribution in [0.4, 0.5) is 5.69 Å². The van der Waals surface area contributed by atoms with E-state index < -0.39 is 0 Å². The Morgan fingerprint density at radius 1 is 1.05 bits per heavy atom. The highest BCUT2D eigenvalue weighted by Gasteiger charge is 2.06. The molecule has 1 N–H and O–H groups in total. The number of carbonyl (C=O) groups is 2. The molecular formula is C17H16ClNO2S. The van der Waals surface area contributed by atoms with E-state index in [4.69, 9.17) is 11.6 Å². The molecule has 2 aromatic carbocycles. The van der Waals surface area contributed by atoms with Crippen LogP contribution in [0, 0.1) is 0 Å². The Kier molecular flexibility index (Phi) is 6.04. The van der Waals surface area contributed by atoms with Crippen LogP contribution in [0.15, 0.2) is 48.5 Å². The van der Waals surface area contributed by atoms with Crippen molar-refractivity contribution in [1.82, 2.24) is 0 Å². The van der Waals surface area contributed by atoms with Crippen molar-refractivity contribution in [3.05, 3.63) is 64.7 Å². The molecule has 0 aliphatic rings. The number of hydrogen-bond acceptors (Lipinski definition) is 3. The van der Waals surface area contributed by atoms with Crippen LogP contribution in [0.1, 0.15) is 22.8 Å². The van der Waals surface area contributed by atoms with Crippen molar-refractivity contribution in [2.75, 3.05) is 11.1 Å². The summed E-state index contributed by atoms with van der Waals surface area (Å²) < 4.78 is 0. The molecule has 0 unspecified atom stereocenters. The number of rotatable bonds is 6. The monoisotopic (exact) mass is 333 g/mol. The van der Waals surface area contributed by atoms with E-state index in [0.717, 1.165) is 11.3 Å². The van der Waals surface area contributed by atoms with Gasteiger partial charge in [-0.1, -0.05) is 23.7 Å². The van der Waals surface area contributed by atoms with Gasteiger partial charge in [-0.15, -0.1) is 11.8 Å². The van der Waals surface area contributed by atoms with Crippen LogP contribution in [0.2, 0.25) is 5.02 Å². The van der Waals surface area contributed by atoms with Gasteiger partial charge in [-0.2, -0.15) is 0 Å². The minimum absolute atomic E-state index is 0.0772. The molecule has 0 aliphatic carbocycles. The number of hydrogen-bond donors (Lipinski definition) is 1. The lowest BCUT2D eigenvalue weighted by Crippen LogP contribution is -2.07. The van der Waals surface area contributed by atoms with Gasteiger partial charge >= 0.3 is 0 Å². The molecule has 22 heavy (non-hydrogen) atoms. The molecule has 2 rings (SSSR count). The van der Waals surface area contributed by atoms with E-state index in [1.54, 1.807) is 36.0 Å². The first-order valence-electron chi connectivity index (χ1n) is 6.77. The minimum Gasteiger partial charge on any atom is -0.326 e. The number of amides is 1. The van der Waals surface area contributed by atoms with Crippen molar-refractivity contribution in [3.8, 4) is 0 Å². The highest BCUT2D eigenvalue weighted by atomic mass is 35.5. The van der Waals surface area contributed by atoms with Crippen LogP contribution >= 0.6 is 23.4 Å². The van der Waals surface area contributed by atoms with Crippen molar-refractivity contribution >= 4 is 40.7 Å². The Balaban J connectivity index is 1.84. The molecule has 5 heteroatoms. The van der Waals surface area contributed by atoms with Gasteiger partial charge in [-0.25, -0.2) is 0 Å². The third-order valence-electron chi connectivity index (χ3n) is 2.94. The Morgan fingerprint density at radius 2 is 1.68 bits per heavy atom. The van der Waals surface area contributed by atoms with Crippen LogP contribution in [-0.2, 0) is 10.5 Å². The van der Waals surface area contributed by atoms with Gasteiger partial charge in [0.1, 0.15) is 0 Å². The zero-order valence-corrected chi connectivity index (χ0v) is 13.7. The fourth-order valence-corrected chi connectivity index (χ4v) is 2.88. The zero-order valence-electron chi connectivity index (χ0n) is 12.1. The van der Waals surface area contributed by atoms with Gasteiger partial charge in [-0.3, -0.25) is 9.59 Å². The van der Waals surface area contributed by atoms with Crippen molar-refractivity contribution in [1.29, 1.82) is 0 Å². The summed E-state index contributed by atoms with van der Waals surface area (Å²) in [6.45, 7) is 1.45. The maximum atomic E-state index is 12.1. The van der Waals surface area contributed by atoms with Gasteiger partial charge in [0.05, 0.1) is 5.75 Å². The quantitative estimate of drug-likeness (QED) is 0.796. The molecule has 1 amide bonds. The maximum absolute atomic E-state index is 12.1. The molecule has 0 aromatic heterocycles. The van der Waals surface area contributed by atoms with Gasteiger partial charge in [-0.05, 0) is 42.0 Å². The first-order chi connectivity index (χ1) is 10.5. The van der Waals surface area contributed by atoms with Crippen LogP contribution in [0.3, 0.4) is 0 Å². The predicted octanol–water partition coefficient (Wildman–Crippen LogP) is 4.41. The molecule has 0 bridgehead atoms. The first-order valence-corrected chi connectivity index (χ1v) is 8.31. The molecule has 0 saturated carbocycles. The molecule has 3 nitrogen and oxygen atoms in total. The molecule has 0 aliphatic heterocycles. The van der Waals surface area contributed by atoms with E-state index in [1.807, 2.05) is 24.3 Å². The average Bonchev–Trinajstić information content (AvgIpc) is 2.49. The summed E-state index contributed by atoms with van der Waals surface area (Å²) in [5, 5.41) is 3.39. The van der Waals surface area contributed by atoms with Gasteiger partial charge in [0.25, 0.3) is 0 Å². The number of carbonyl (C=O) groups excluding carboxylic acids is 2. The van der Waals surface area contributed by atoms with E-state index in [9.17, 15) is 9.59 Å². The molecule has 0 spiro atoms. The molecule has 114 valence electrons. The van der Waals surface area contributed by atoms with Crippen molar-refractivity contribution in [2.45, 2.75) is 12.7 Å². The molecule has 0 radical (unpaired) electrons. The number of Topliss-reactive ketones (excluding diaryl/α,β-unsaturated/α-hetero) is 1. The number of benzene rings is 2. The second kappa shape index (κ2) is 8.01. The van der Waals surface area contributed by atoms with Crippen molar-refractivity contribution in [3.63, 3.8) is 0 Å². The Hall–Kier alpha value is -1.78. The zero-order chi connectivity index (χ0) is 15.9. The minimum atomic E-state index is -0.127. The molecule has 0 heterocycles. The number of thioether (sulfide) groups is 1. The largest absolute Gasteiger partial charge is 0.326 e. The lowest BCUT2D eigenvalue weighted by atomic mass is 10.1. The van der Waals surface area contributed by atoms with E-state index in [0.29, 0.717) is 22.0 Å². The van der Waals surface area contributed by atoms with E-state index in [-0.39, 0.29) is 11.7 Å². The average molecular weight is 334 g/mol. The Morgan fingerprint density at radius 3 is 2.27 bits per heavy atom. The van der Waals surface area contributed by atoms with E-state index in [2.05, 4.69) is 5.32 Å². The second-order valence-electron chi connectivity index (χ2n) is 4.80. The summed E-state index contributed by atoms with van der Waals surface area (Å²) >= 11 is 7.40. The third-order valence-corrected chi connectivity index (χ3v) is 4.20. The van der Waals surface area contributed by atoms with Crippen molar-refractivity contribution in [2.24, 2.45) is 0 Å². The maximum Gasteiger partial charge on any atom is 0.221 e. The SMILES string of the molecule is CC(=O)Nc1ccc(C(=O)CSCc2ccc(Cl)cc2)cc1. The fourth-order valence-electron chi connectivity index (χ4n) is 1.87. The van der Waals surface area contributed by atoms with Crippen LogP contribution in [0.25, 0.3) is 0 Å². The topological polar surface area (TPSA) is 46.2 Å². The highest BCUT2D eigenvalue weighted by molar-refractivity contribution is 7.99. The highest BCUT2D eigenvalue weighted by Crippen LogP contribution is 2.17. The van der Waals surface area contributed by atoms with Crippen LogP contribution < -0.4 is 5.32 Å². The normalized spacial score (nSPS) is 10.3. The van der Waals surface area contributed by atoms with Gasteiger partial charge in [0, 0.05) is 29.0 Å². The smallest absolute Gasteiger partial charge is 0.221 e. The number of halogens is 1. The summed E-state index contributed by atoms with van der Waals surface area (Å²) in [5.41, 5.74) is 2.48. The lowest BCUT2D eigenvalue weighted by molar-refractivity contribution is -0.114. The Labute approximate surface area is 139 Å². The van der Waals surface area contributed by atoms with Gasteiger partial charge < -0.3 is 5.32 Å². The first kappa shape index (κ1) is 16.6. The van der Waals surface area contributed by atoms with E-state index >= 15 is 0 Å². The number of ketones is 1. The molecule has 2 aromatic rings. The second-order valence-corrected chi connectivity index (χ2v) is 6.22. The van der Waals surface area contributed by atoms with Gasteiger partial charge in [0.2, 0.25) is 5.91 Å². The molecule has 0 fully saturated rings. The summed E-state index contributed by atoms with van der Waals surface area (Å²) in [4.78, 5) is 23.0. The van der Waals surface area contributed by atoms with Crippen molar-refractivity contribution < 1.29 is 9.59 Å². The predicted molar refractivity (Wildman–Crippen MR) is 92.7 cm³/mol. The number of nitrogens with one attached hydrogen (secondary N) is 1. The molecule has 0 saturated heterocycles. The summed E-state index contributed by atoms with van der Waals surface area (Å²) in [7, 11) is 0. The van der Waals surface area contributed by atoms with E-state index in [1.165, 1.54) is 6.92 Å². The lowest BCUT2D eigenvalue weighted by Gasteiger charge is -2.05. The summed E-state index contributed by atoms with van der Waals surface area (Å²) in [5.74, 6) is 1.14. The summed E-state index contributed by atoms with van der Waals surface area (Å²) in [6, 6.07) is 14.5. The van der Waals surface area contributed by atoms with Crippen LogP contribution in [0.5, 0.6) is 0 Å². The van der Waals surface area contributed by atoms with Crippen LogP contribution in [-0.4, -0.2) is 17.4 Å². The molecular weight excluding hydrogens is 318 g/mol. The summed E-state index contributed by atoms with van der Waals surface area (Å²) in [6.07, 6.45) is 0.